The molecule has 30 heavy (non-hydrogen) atoms. The number of aliphatic hydroxyl groups is 1. The van der Waals surface area contributed by atoms with Crippen molar-refractivity contribution in [2.24, 2.45) is 0 Å². The van der Waals surface area contributed by atoms with Gasteiger partial charge in [-0.2, -0.15) is 0 Å². The average Bonchev–Trinajstić information content (AvgIpc) is 2.71. The van der Waals surface area contributed by atoms with Crippen LogP contribution in [0.15, 0.2) is 36.4 Å². The minimum Gasteiger partial charge on any atom is -0.507 e. The molecule has 0 saturated heterocycles. The normalized spacial score (nSPS) is 11.2. The first-order chi connectivity index (χ1) is 14.2. The molecule has 0 bridgehead atoms. The summed E-state index contributed by atoms with van der Waals surface area (Å²) in [5, 5.41) is 40.6. The summed E-state index contributed by atoms with van der Waals surface area (Å²) in [6, 6.07) is 11.3. The van der Waals surface area contributed by atoms with Crippen molar-refractivity contribution in [2.75, 3.05) is 7.11 Å². The molecule has 0 heterocycles. The van der Waals surface area contributed by atoms with Gasteiger partial charge in [-0.1, -0.05) is 24.3 Å². The highest BCUT2D eigenvalue weighted by Gasteiger charge is 2.23. The summed E-state index contributed by atoms with van der Waals surface area (Å²) in [4.78, 5) is 0. The quantitative estimate of drug-likeness (QED) is 0.459. The van der Waals surface area contributed by atoms with E-state index in [4.69, 9.17) is 4.74 Å². The second-order valence-electron chi connectivity index (χ2n) is 7.83. The number of aliphatic hydroxyl groups excluding tert-OH is 1. The molecule has 0 saturated carbocycles. The van der Waals surface area contributed by atoms with Crippen molar-refractivity contribution in [1.82, 2.24) is 0 Å². The van der Waals surface area contributed by atoms with Crippen LogP contribution in [0.1, 0.15) is 50.4 Å². The molecule has 0 unspecified atom stereocenters. The first kappa shape index (κ1) is 21.5. The molecule has 0 aliphatic carbocycles. The van der Waals surface area contributed by atoms with Crippen LogP contribution < -0.4 is 4.74 Å². The highest BCUT2D eigenvalue weighted by Crippen LogP contribution is 2.41. The summed E-state index contributed by atoms with van der Waals surface area (Å²) >= 11 is 0. The van der Waals surface area contributed by atoms with Crippen LogP contribution in [0.4, 0.5) is 0 Å². The minimum absolute atomic E-state index is 0.0846. The van der Waals surface area contributed by atoms with E-state index in [1.165, 1.54) is 7.11 Å². The van der Waals surface area contributed by atoms with Crippen molar-refractivity contribution in [2.45, 2.75) is 40.2 Å². The second kappa shape index (κ2) is 8.28. The third kappa shape index (κ3) is 3.81. The van der Waals surface area contributed by atoms with Gasteiger partial charge in [0.1, 0.15) is 11.5 Å². The molecule has 0 spiro atoms. The third-order valence-electron chi connectivity index (χ3n) is 5.59. The van der Waals surface area contributed by atoms with Gasteiger partial charge in [0.05, 0.1) is 13.7 Å². The van der Waals surface area contributed by atoms with Crippen molar-refractivity contribution < 1.29 is 25.2 Å². The van der Waals surface area contributed by atoms with Gasteiger partial charge < -0.3 is 25.2 Å². The molecule has 0 fully saturated rings. The molecule has 4 N–H and O–H groups in total. The first-order valence-electron chi connectivity index (χ1n) is 9.78. The highest BCUT2D eigenvalue weighted by atomic mass is 16.5. The topological polar surface area (TPSA) is 90.2 Å². The molecule has 0 aromatic heterocycles. The molecular formula is C25H28O5. The molecule has 0 amide bonds. The maximum Gasteiger partial charge on any atom is 0.163 e. The van der Waals surface area contributed by atoms with Gasteiger partial charge in [-0.25, -0.2) is 0 Å². The van der Waals surface area contributed by atoms with Crippen molar-refractivity contribution in [1.29, 1.82) is 0 Å². The Morgan fingerprint density at radius 1 is 0.667 bits per heavy atom. The molecule has 158 valence electrons. The Labute approximate surface area is 176 Å². The van der Waals surface area contributed by atoms with Crippen LogP contribution in [0.2, 0.25) is 0 Å². The van der Waals surface area contributed by atoms with Gasteiger partial charge in [-0.3, -0.25) is 0 Å². The van der Waals surface area contributed by atoms with Gasteiger partial charge in [0.2, 0.25) is 0 Å². The summed E-state index contributed by atoms with van der Waals surface area (Å²) in [6.07, 6.45) is 0. The number of hydrogen-bond donors (Lipinski definition) is 4. The summed E-state index contributed by atoms with van der Waals surface area (Å²) in [5.41, 5.74) is 6.13. The number of hydrogen-bond acceptors (Lipinski definition) is 5. The Balaban J connectivity index is 2.34. The zero-order valence-electron chi connectivity index (χ0n) is 17.9. The number of aromatic hydroxyl groups is 3. The molecule has 3 aromatic carbocycles. The van der Waals surface area contributed by atoms with E-state index < -0.39 is 0 Å². The lowest BCUT2D eigenvalue weighted by Crippen LogP contribution is -2.07. The average molecular weight is 408 g/mol. The fraction of sp³-hybridized carbons (Fsp3) is 0.280. The number of rotatable bonds is 5. The van der Waals surface area contributed by atoms with Gasteiger partial charge >= 0.3 is 0 Å². The van der Waals surface area contributed by atoms with Crippen molar-refractivity contribution >= 4 is 0 Å². The standard InChI is InChI=1S/C25H28O5/c1-13-6-17(7-14(2)23(13)27)22(18-8-15(3)24(28)16(4)9-18)19-10-20(12-26)25(29)21(11-19)30-5/h6-11,22,26-29H,12H2,1-5H3. The Morgan fingerprint density at radius 2 is 1.07 bits per heavy atom. The van der Waals surface area contributed by atoms with Gasteiger partial charge in [-0.05, 0) is 78.8 Å². The maximum atomic E-state index is 10.3. The predicted molar refractivity (Wildman–Crippen MR) is 117 cm³/mol. The minimum atomic E-state index is -0.329. The molecule has 5 heteroatoms. The Kier molecular flexibility index (Phi) is 5.94. The van der Waals surface area contributed by atoms with E-state index in [0.717, 1.165) is 38.9 Å². The zero-order chi connectivity index (χ0) is 22.2. The SMILES string of the molecule is COc1cc(C(c2cc(C)c(O)c(C)c2)c2cc(C)c(O)c(C)c2)cc(CO)c1O. The number of phenolic OH excluding ortho intramolecular Hbond substituents is 2. The van der Waals surface area contributed by atoms with Crippen LogP contribution in [0.3, 0.4) is 0 Å². The Morgan fingerprint density at radius 3 is 1.43 bits per heavy atom. The fourth-order valence-electron chi connectivity index (χ4n) is 4.02. The lowest BCUT2D eigenvalue weighted by Gasteiger charge is -2.23. The van der Waals surface area contributed by atoms with E-state index >= 15 is 0 Å². The molecule has 5 nitrogen and oxygen atoms in total. The van der Waals surface area contributed by atoms with Crippen molar-refractivity contribution in [3.8, 4) is 23.0 Å². The van der Waals surface area contributed by atoms with Gasteiger partial charge in [0.15, 0.2) is 11.5 Å². The lowest BCUT2D eigenvalue weighted by molar-refractivity contribution is 0.272. The van der Waals surface area contributed by atoms with Crippen LogP contribution in [0.5, 0.6) is 23.0 Å². The van der Waals surface area contributed by atoms with Gasteiger partial charge in [0.25, 0.3) is 0 Å². The lowest BCUT2D eigenvalue weighted by atomic mass is 9.82. The second-order valence-corrected chi connectivity index (χ2v) is 7.83. The first-order valence-corrected chi connectivity index (χ1v) is 9.78. The van der Waals surface area contributed by atoms with Crippen LogP contribution in [0.25, 0.3) is 0 Å². The number of ether oxygens (including phenoxy) is 1. The molecule has 3 aromatic rings. The van der Waals surface area contributed by atoms with Gasteiger partial charge in [0, 0.05) is 11.5 Å². The maximum absolute atomic E-state index is 10.3. The molecular weight excluding hydrogens is 380 g/mol. The molecule has 0 aliphatic rings. The van der Waals surface area contributed by atoms with E-state index in [1.54, 1.807) is 12.1 Å². The van der Waals surface area contributed by atoms with E-state index in [-0.39, 0.29) is 35.5 Å². The number of benzene rings is 3. The Hall–Kier alpha value is -3.18. The van der Waals surface area contributed by atoms with Crippen LogP contribution in [-0.4, -0.2) is 27.5 Å². The molecule has 3 rings (SSSR count). The predicted octanol–water partition coefficient (Wildman–Crippen LogP) is 4.72. The smallest absolute Gasteiger partial charge is 0.163 e. The zero-order valence-corrected chi connectivity index (χ0v) is 17.9. The largest absolute Gasteiger partial charge is 0.507 e. The summed E-state index contributed by atoms with van der Waals surface area (Å²) in [6.45, 7) is 7.09. The Bertz CT molecular complexity index is 972. The highest BCUT2D eigenvalue weighted by molar-refractivity contribution is 5.57. The van der Waals surface area contributed by atoms with Gasteiger partial charge in [-0.15, -0.1) is 0 Å². The summed E-state index contributed by atoms with van der Waals surface area (Å²) in [7, 11) is 1.47. The van der Waals surface area contributed by atoms with Crippen molar-refractivity contribution in [3.63, 3.8) is 0 Å². The van der Waals surface area contributed by atoms with E-state index in [0.29, 0.717) is 5.56 Å². The monoisotopic (exact) mass is 408 g/mol. The third-order valence-corrected chi connectivity index (χ3v) is 5.59. The van der Waals surface area contributed by atoms with Crippen LogP contribution in [-0.2, 0) is 6.61 Å². The van der Waals surface area contributed by atoms with E-state index in [2.05, 4.69) is 0 Å². The molecule has 0 aliphatic heterocycles. The number of methoxy groups -OCH3 is 1. The molecule has 0 atom stereocenters. The summed E-state index contributed by atoms with van der Waals surface area (Å²) < 4.78 is 5.34. The number of aryl methyl sites for hydroxylation is 4. The van der Waals surface area contributed by atoms with Crippen LogP contribution in [0, 0.1) is 27.7 Å². The number of phenols is 3. The van der Waals surface area contributed by atoms with Crippen molar-refractivity contribution in [3.05, 3.63) is 80.9 Å². The van der Waals surface area contributed by atoms with E-state index in [9.17, 15) is 20.4 Å². The van der Waals surface area contributed by atoms with E-state index in [1.807, 2.05) is 52.0 Å². The summed E-state index contributed by atoms with van der Waals surface area (Å²) in [5.74, 6) is 0.449. The van der Waals surface area contributed by atoms with Crippen LogP contribution >= 0.6 is 0 Å². The molecule has 0 radical (unpaired) electrons. The fourth-order valence-corrected chi connectivity index (χ4v) is 4.02.